The zero-order chi connectivity index (χ0) is 17.9. The first kappa shape index (κ1) is 17.0. The molecule has 6 heteroatoms. The van der Waals surface area contributed by atoms with Gasteiger partial charge in [0.15, 0.2) is 0 Å². The number of rotatable bonds is 3. The molecule has 0 aliphatic carbocycles. The van der Waals surface area contributed by atoms with Gasteiger partial charge in [0.25, 0.3) is 5.91 Å². The maximum atomic E-state index is 12.9. The zero-order valence-electron chi connectivity index (χ0n) is 14.9. The van der Waals surface area contributed by atoms with E-state index < -0.39 is 0 Å². The van der Waals surface area contributed by atoms with Crippen molar-refractivity contribution in [1.82, 2.24) is 14.8 Å². The third-order valence-electron chi connectivity index (χ3n) is 5.18. The van der Waals surface area contributed by atoms with E-state index >= 15 is 0 Å². The van der Waals surface area contributed by atoms with Gasteiger partial charge in [0.05, 0.1) is 32.4 Å². The molecule has 1 aromatic carbocycles. The Kier molecular flexibility index (Phi) is 4.86. The lowest BCUT2D eigenvalue weighted by atomic mass is 10.00. The minimum Gasteiger partial charge on any atom is -0.481 e. The highest BCUT2D eigenvalue weighted by Gasteiger charge is 2.37. The smallest absolute Gasteiger partial charge is 0.254 e. The summed E-state index contributed by atoms with van der Waals surface area (Å²) in [4.78, 5) is 21.3. The van der Waals surface area contributed by atoms with Gasteiger partial charge in [0, 0.05) is 37.5 Å². The number of morpholine rings is 1. The summed E-state index contributed by atoms with van der Waals surface area (Å²) in [6.07, 6.45) is 1.61. The van der Waals surface area contributed by atoms with Crippen LogP contribution in [0.5, 0.6) is 5.88 Å². The van der Waals surface area contributed by atoms with Crippen LogP contribution >= 0.6 is 0 Å². The van der Waals surface area contributed by atoms with Gasteiger partial charge in [-0.05, 0) is 11.6 Å². The fourth-order valence-corrected chi connectivity index (χ4v) is 3.82. The topological polar surface area (TPSA) is 54.9 Å². The van der Waals surface area contributed by atoms with Crippen LogP contribution in [0.1, 0.15) is 22.0 Å². The van der Waals surface area contributed by atoms with Crippen LogP contribution in [0, 0.1) is 0 Å². The van der Waals surface area contributed by atoms with Crippen LogP contribution in [0.4, 0.5) is 0 Å². The van der Waals surface area contributed by atoms with Gasteiger partial charge in [-0.25, -0.2) is 4.98 Å². The number of methoxy groups -OCH3 is 1. The van der Waals surface area contributed by atoms with Gasteiger partial charge in [0.1, 0.15) is 0 Å². The number of carbonyl (C=O) groups is 1. The molecule has 4 rings (SSSR count). The predicted molar refractivity (Wildman–Crippen MR) is 97.2 cm³/mol. The summed E-state index contributed by atoms with van der Waals surface area (Å²) in [5, 5.41) is 0. The van der Waals surface area contributed by atoms with Gasteiger partial charge < -0.3 is 14.4 Å². The van der Waals surface area contributed by atoms with Crippen molar-refractivity contribution < 1.29 is 14.3 Å². The van der Waals surface area contributed by atoms with E-state index in [9.17, 15) is 4.79 Å². The Hall–Kier alpha value is -2.44. The molecular weight excluding hydrogens is 330 g/mol. The van der Waals surface area contributed by atoms with E-state index in [2.05, 4.69) is 34.1 Å². The molecule has 0 radical (unpaired) electrons. The highest BCUT2D eigenvalue weighted by Crippen LogP contribution is 2.30. The average molecular weight is 353 g/mol. The first-order chi connectivity index (χ1) is 12.8. The Morgan fingerprint density at radius 1 is 1.19 bits per heavy atom. The minimum absolute atomic E-state index is 0.0205. The zero-order valence-corrected chi connectivity index (χ0v) is 14.9. The number of ether oxygens (including phenoxy) is 2. The van der Waals surface area contributed by atoms with Gasteiger partial charge in [-0.2, -0.15) is 0 Å². The molecule has 0 bridgehead atoms. The first-order valence-electron chi connectivity index (χ1n) is 8.94. The van der Waals surface area contributed by atoms with Crippen molar-refractivity contribution in [3.63, 3.8) is 0 Å². The largest absolute Gasteiger partial charge is 0.481 e. The van der Waals surface area contributed by atoms with Gasteiger partial charge in [-0.3, -0.25) is 9.69 Å². The number of fused-ring (bicyclic) bond motifs is 1. The van der Waals surface area contributed by atoms with Crippen LogP contribution in [0.25, 0.3) is 0 Å². The standard InChI is InChI=1S/C20H23N3O3/c1-25-19-11-16(7-8-21-19)20(24)22-9-10-23-17(12-22)13-26-14-18(23)15-5-3-2-4-6-15/h2-8,11,17-18H,9-10,12-14H2,1H3/t17-,18-/m1/s1. The molecule has 6 nitrogen and oxygen atoms in total. The van der Waals surface area contributed by atoms with Crippen molar-refractivity contribution in [2.24, 2.45) is 0 Å². The summed E-state index contributed by atoms with van der Waals surface area (Å²) in [6, 6.07) is 14.4. The van der Waals surface area contributed by atoms with Gasteiger partial charge in [-0.15, -0.1) is 0 Å². The molecule has 2 aromatic rings. The molecular formula is C20H23N3O3. The molecule has 26 heavy (non-hydrogen) atoms. The molecule has 2 aliphatic heterocycles. The van der Waals surface area contributed by atoms with E-state index in [0.29, 0.717) is 37.7 Å². The Balaban J connectivity index is 1.48. The van der Waals surface area contributed by atoms with Gasteiger partial charge in [0.2, 0.25) is 5.88 Å². The third-order valence-corrected chi connectivity index (χ3v) is 5.18. The molecule has 136 valence electrons. The maximum Gasteiger partial charge on any atom is 0.254 e. The lowest BCUT2D eigenvalue weighted by Crippen LogP contribution is -2.60. The van der Waals surface area contributed by atoms with Crippen LogP contribution in [0.15, 0.2) is 48.7 Å². The average Bonchev–Trinajstić information content (AvgIpc) is 2.73. The van der Waals surface area contributed by atoms with Crippen LogP contribution in [0.2, 0.25) is 0 Å². The quantitative estimate of drug-likeness (QED) is 0.845. The molecule has 0 spiro atoms. The van der Waals surface area contributed by atoms with Crippen LogP contribution in [0.3, 0.4) is 0 Å². The van der Waals surface area contributed by atoms with Gasteiger partial charge in [-0.1, -0.05) is 30.3 Å². The summed E-state index contributed by atoms with van der Waals surface area (Å²) in [6.45, 7) is 3.60. The second-order valence-corrected chi connectivity index (χ2v) is 6.69. The SMILES string of the molecule is COc1cc(C(=O)N2CCN3[C@@H](COC[C@@H]3c3ccccc3)C2)ccn1. The lowest BCUT2D eigenvalue weighted by molar-refractivity contribution is -0.0770. The van der Waals surface area contributed by atoms with Crippen molar-refractivity contribution in [2.45, 2.75) is 12.1 Å². The van der Waals surface area contributed by atoms with Crippen LogP contribution < -0.4 is 4.74 Å². The van der Waals surface area contributed by atoms with Crippen molar-refractivity contribution in [1.29, 1.82) is 0 Å². The number of hydrogen-bond acceptors (Lipinski definition) is 5. The van der Waals surface area contributed by atoms with E-state index in [1.807, 2.05) is 11.0 Å². The summed E-state index contributed by atoms with van der Waals surface area (Å²) < 4.78 is 11.0. The van der Waals surface area contributed by atoms with E-state index in [4.69, 9.17) is 9.47 Å². The molecule has 2 aliphatic rings. The predicted octanol–water partition coefficient (Wildman–Crippen LogP) is 1.99. The number of pyridine rings is 1. The van der Waals surface area contributed by atoms with E-state index in [-0.39, 0.29) is 18.0 Å². The number of amides is 1. The van der Waals surface area contributed by atoms with Crippen molar-refractivity contribution >= 4 is 5.91 Å². The molecule has 3 heterocycles. The fraction of sp³-hybridized carbons (Fsp3) is 0.400. The Labute approximate surface area is 153 Å². The van der Waals surface area contributed by atoms with Crippen molar-refractivity contribution in [3.8, 4) is 5.88 Å². The van der Waals surface area contributed by atoms with Crippen molar-refractivity contribution in [2.75, 3.05) is 40.0 Å². The van der Waals surface area contributed by atoms with Crippen LogP contribution in [-0.2, 0) is 4.74 Å². The molecule has 1 amide bonds. The number of hydrogen-bond donors (Lipinski definition) is 0. The highest BCUT2D eigenvalue weighted by atomic mass is 16.5. The molecule has 0 N–H and O–H groups in total. The number of benzene rings is 1. The second kappa shape index (κ2) is 7.43. The summed E-state index contributed by atoms with van der Waals surface area (Å²) >= 11 is 0. The molecule has 0 saturated carbocycles. The van der Waals surface area contributed by atoms with Crippen molar-refractivity contribution in [3.05, 3.63) is 59.8 Å². The van der Waals surface area contributed by atoms with E-state index in [1.165, 1.54) is 5.56 Å². The minimum atomic E-state index is 0.0205. The third kappa shape index (κ3) is 3.30. The molecule has 2 fully saturated rings. The molecule has 2 atom stereocenters. The fourth-order valence-electron chi connectivity index (χ4n) is 3.82. The maximum absolute atomic E-state index is 12.9. The van der Waals surface area contributed by atoms with E-state index in [0.717, 1.165) is 6.54 Å². The number of nitrogens with zero attached hydrogens (tertiary/aromatic N) is 3. The van der Waals surface area contributed by atoms with E-state index in [1.54, 1.807) is 25.4 Å². The second-order valence-electron chi connectivity index (χ2n) is 6.69. The number of aromatic nitrogens is 1. The molecule has 2 saturated heterocycles. The molecule has 1 aromatic heterocycles. The first-order valence-corrected chi connectivity index (χ1v) is 8.94. The highest BCUT2D eigenvalue weighted by molar-refractivity contribution is 5.94. The Morgan fingerprint density at radius 3 is 2.85 bits per heavy atom. The van der Waals surface area contributed by atoms with Crippen LogP contribution in [-0.4, -0.2) is 66.7 Å². The number of piperazine rings is 1. The lowest BCUT2D eigenvalue weighted by Gasteiger charge is -2.48. The Morgan fingerprint density at radius 2 is 2.04 bits per heavy atom. The summed E-state index contributed by atoms with van der Waals surface area (Å²) in [5.74, 6) is 0.479. The van der Waals surface area contributed by atoms with Gasteiger partial charge >= 0.3 is 0 Å². The summed E-state index contributed by atoms with van der Waals surface area (Å²) in [5.41, 5.74) is 1.89. The monoisotopic (exact) mass is 353 g/mol. The number of carbonyl (C=O) groups excluding carboxylic acids is 1. The normalized spacial score (nSPS) is 23.3. The Bertz CT molecular complexity index is 768. The molecule has 0 unspecified atom stereocenters. The summed E-state index contributed by atoms with van der Waals surface area (Å²) in [7, 11) is 1.55.